The minimum absolute atomic E-state index is 0.505. The van der Waals surface area contributed by atoms with E-state index in [9.17, 15) is 5.11 Å². The number of aryl methyl sites for hydroxylation is 1. The molecular formula is C10H13BrO2. The summed E-state index contributed by atoms with van der Waals surface area (Å²) in [5.74, 6) is 0.773. The quantitative estimate of drug-likeness (QED) is 0.828. The third-order valence-corrected chi connectivity index (χ3v) is 2.56. The van der Waals surface area contributed by atoms with Crippen molar-refractivity contribution in [2.45, 2.75) is 13.0 Å². The molecule has 0 aliphatic heterocycles. The standard InChI is InChI=1S/C10H13BrO2/c1-7-4-3-5-8(9(12)6-11)10(7)13-2/h3-5,9,12H,6H2,1-2H3. The number of aliphatic hydroxyl groups is 1. The Kier molecular flexibility index (Phi) is 3.75. The number of rotatable bonds is 3. The molecule has 1 N–H and O–H groups in total. The van der Waals surface area contributed by atoms with Crippen LogP contribution < -0.4 is 4.74 Å². The van der Waals surface area contributed by atoms with Crippen molar-refractivity contribution in [2.75, 3.05) is 12.4 Å². The molecule has 1 unspecified atom stereocenters. The number of methoxy groups -OCH3 is 1. The number of hydrogen-bond acceptors (Lipinski definition) is 2. The molecule has 0 aromatic heterocycles. The molecule has 0 saturated carbocycles. The van der Waals surface area contributed by atoms with Gasteiger partial charge in [0.25, 0.3) is 0 Å². The van der Waals surface area contributed by atoms with Crippen molar-refractivity contribution < 1.29 is 9.84 Å². The lowest BCUT2D eigenvalue weighted by Gasteiger charge is -2.14. The predicted octanol–water partition coefficient (Wildman–Crippen LogP) is 2.43. The molecule has 0 radical (unpaired) electrons. The van der Waals surface area contributed by atoms with Gasteiger partial charge >= 0.3 is 0 Å². The molecule has 13 heavy (non-hydrogen) atoms. The third-order valence-electron chi connectivity index (χ3n) is 1.95. The van der Waals surface area contributed by atoms with Gasteiger partial charge in [-0.1, -0.05) is 34.1 Å². The van der Waals surface area contributed by atoms with Crippen molar-refractivity contribution in [3.05, 3.63) is 29.3 Å². The first-order chi connectivity index (χ1) is 6.20. The Bertz CT molecular complexity index is 286. The molecule has 1 aromatic carbocycles. The van der Waals surface area contributed by atoms with Gasteiger partial charge in [0.1, 0.15) is 5.75 Å². The zero-order chi connectivity index (χ0) is 9.84. The second-order valence-electron chi connectivity index (χ2n) is 2.87. The van der Waals surface area contributed by atoms with Gasteiger partial charge in [-0.2, -0.15) is 0 Å². The summed E-state index contributed by atoms with van der Waals surface area (Å²) in [6.07, 6.45) is -0.505. The van der Waals surface area contributed by atoms with Gasteiger partial charge in [0, 0.05) is 10.9 Å². The summed E-state index contributed by atoms with van der Waals surface area (Å²) in [6.45, 7) is 1.96. The molecule has 0 amide bonds. The summed E-state index contributed by atoms with van der Waals surface area (Å²) in [5.41, 5.74) is 1.87. The molecule has 0 aliphatic rings. The van der Waals surface area contributed by atoms with Crippen LogP contribution >= 0.6 is 15.9 Å². The lowest BCUT2D eigenvalue weighted by Crippen LogP contribution is -2.02. The minimum atomic E-state index is -0.505. The summed E-state index contributed by atoms with van der Waals surface area (Å²) in [4.78, 5) is 0. The molecule has 0 bridgehead atoms. The number of para-hydroxylation sites is 1. The van der Waals surface area contributed by atoms with Gasteiger partial charge in [0.05, 0.1) is 13.2 Å². The maximum Gasteiger partial charge on any atom is 0.127 e. The number of aliphatic hydroxyl groups excluding tert-OH is 1. The Labute approximate surface area is 86.7 Å². The first kappa shape index (κ1) is 10.5. The van der Waals surface area contributed by atoms with Gasteiger partial charge in [-0.15, -0.1) is 0 Å². The number of benzene rings is 1. The first-order valence-corrected chi connectivity index (χ1v) is 5.20. The molecule has 0 fully saturated rings. The zero-order valence-corrected chi connectivity index (χ0v) is 9.34. The Morgan fingerprint density at radius 3 is 2.77 bits per heavy atom. The molecule has 1 atom stereocenters. The summed E-state index contributed by atoms with van der Waals surface area (Å²) in [6, 6.07) is 5.75. The number of halogens is 1. The van der Waals surface area contributed by atoms with Gasteiger partial charge in [0.15, 0.2) is 0 Å². The molecule has 1 aromatic rings. The summed E-state index contributed by atoms with van der Waals surface area (Å²) in [5, 5.41) is 10.2. The van der Waals surface area contributed by atoms with Crippen LogP contribution in [0.2, 0.25) is 0 Å². The average Bonchev–Trinajstić information content (AvgIpc) is 2.16. The van der Waals surface area contributed by atoms with E-state index in [0.717, 1.165) is 16.9 Å². The SMILES string of the molecule is COc1c(C)cccc1C(O)CBr. The van der Waals surface area contributed by atoms with Crippen molar-refractivity contribution >= 4 is 15.9 Å². The number of hydrogen-bond donors (Lipinski definition) is 1. The lowest BCUT2D eigenvalue weighted by molar-refractivity contribution is 0.200. The molecular weight excluding hydrogens is 232 g/mol. The van der Waals surface area contributed by atoms with Crippen LogP contribution in [0.4, 0.5) is 0 Å². The average molecular weight is 245 g/mol. The predicted molar refractivity (Wildman–Crippen MR) is 56.5 cm³/mol. The van der Waals surface area contributed by atoms with E-state index in [1.165, 1.54) is 0 Å². The van der Waals surface area contributed by atoms with Gasteiger partial charge < -0.3 is 9.84 Å². The van der Waals surface area contributed by atoms with E-state index in [-0.39, 0.29) is 0 Å². The smallest absolute Gasteiger partial charge is 0.127 e. The zero-order valence-electron chi connectivity index (χ0n) is 7.75. The summed E-state index contributed by atoms with van der Waals surface area (Å²) >= 11 is 3.23. The molecule has 72 valence electrons. The molecule has 0 aliphatic carbocycles. The van der Waals surface area contributed by atoms with E-state index in [2.05, 4.69) is 15.9 Å². The van der Waals surface area contributed by atoms with Crippen LogP contribution in [0.1, 0.15) is 17.2 Å². The normalized spacial score (nSPS) is 12.6. The Hall–Kier alpha value is -0.540. The van der Waals surface area contributed by atoms with E-state index >= 15 is 0 Å². The Morgan fingerprint density at radius 2 is 2.23 bits per heavy atom. The fourth-order valence-electron chi connectivity index (χ4n) is 1.30. The van der Waals surface area contributed by atoms with Gasteiger partial charge in [-0.05, 0) is 12.5 Å². The fourth-order valence-corrected chi connectivity index (χ4v) is 1.65. The Morgan fingerprint density at radius 1 is 1.54 bits per heavy atom. The van der Waals surface area contributed by atoms with Crippen molar-refractivity contribution in [2.24, 2.45) is 0 Å². The highest BCUT2D eigenvalue weighted by Gasteiger charge is 2.12. The molecule has 0 spiro atoms. The second kappa shape index (κ2) is 4.63. The van der Waals surface area contributed by atoms with Crippen LogP contribution in [0.5, 0.6) is 5.75 Å². The molecule has 1 rings (SSSR count). The maximum atomic E-state index is 9.64. The summed E-state index contributed by atoms with van der Waals surface area (Å²) in [7, 11) is 1.62. The van der Waals surface area contributed by atoms with E-state index in [0.29, 0.717) is 5.33 Å². The first-order valence-electron chi connectivity index (χ1n) is 4.08. The highest BCUT2D eigenvalue weighted by Crippen LogP contribution is 2.29. The van der Waals surface area contributed by atoms with Crippen LogP contribution in [0.25, 0.3) is 0 Å². The van der Waals surface area contributed by atoms with Crippen LogP contribution in [-0.2, 0) is 0 Å². The van der Waals surface area contributed by atoms with E-state index in [4.69, 9.17) is 4.74 Å². The van der Waals surface area contributed by atoms with Crippen molar-refractivity contribution in [1.82, 2.24) is 0 Å². The monoisotopic (exact) mass is 244 g/mol. The van der Waals surface area contributed by atoms with Crippen molar-refractivity contribution in [1.29, 1.82) is 0 Å². The van der Waals surface area contributed by atoms with Gasteiger partial charge in [-0.3, -0.25) is 0 Å². The number of ether oxygens (including phenoxy) is 1. The fraction of sp³-hybridized carbons (Fsp3) is 0.400. The molecule has 0 heterocycles. The van der Waals surface area contributed by atoms with E-state index < -0.39 is 6.10 Å². The second-order valence-corrected chi connectivity index (χ2v) is 3.51. The van der Waals surface area contributed by atoms with Crippen LogP contribution in [-0.4, -0.2) is 17.5 Å². The van der Waals surface area contributed by atoms with Gasteiger partial charge in [0.2, 0.25) is 0 Å². The topological polar surface area (TPSA) is 29.5 Å². The minimum Gasteiger partial charge on any atom is -0.496 e. The van der Waals surface area contributed by atoms with Crippen molar-refractivity contribution in [3.63, 3.8) is 0 Å². The molecule has 3 heteroatoms. The van der Waals surface area contributed by atoms with Crippen LogP contribution in [0.3, 0.4) is 0 Å². The lowest BCUT2D eigenvalue weighted by atomic mass is 10.1. The largest absolute Gasteiger partial charge is 0.496 e. The Balaban J connectivity index is 3.12. The van der Waals surface area contributed by atoms with E-state index in [1.807, 2.05) is 25.1 Å². The highest BCUT2D eigenvalue weighted by atomic mass is 79.9. The molecule has 2 nitrogen and oxygen atoms in total. The maximum absolute atomic E-state index is 9.64. The van der Waals surface area contributed by atoms with Crippen LogP contribution in [0.15, 0.2) is 18.2 Å². The van der Waals surface area contributed by atoms with Gasteiger partial charge in [-0.25, -0.2) is 0 Å². The molecule has 0 saturated heterocycles. The van der Waals surface area contributed by atoms with Crippen LogP contribution in [0, 0.1) is 6.92 Å². The van der Waals surface area contributed by atoms with E-state index in [1.54, 1.807) is 7.11 Å². The highest BCUT2D eigenvalue weighted by molar-refractivity contribution is 9.09. The van der Waals surface area contributed by atoms with Crippen molar-refractivity contribution in [3.8, 4) is 5.75 Å². The third kappa shape index (κ3) is 2.23. The number of alkyl halides is 1. The summed E-state index contributed by atoms with van der Waals surface area (Å²) < 4.78 is 5.22.